The predicted octanol–water partition coefficient (Wildman–Crippen LogP) is 3.82. The van der Waals surface area contributed by atoms with Crippen LogP contribution in [0.4, 0.5) is 0 Å². The summed E-state index contributed by atoms with van der Waals surface area (Å²) in [5.41, 5.74) is 1.27. The molecule has 0 saturated heterocycles. The van der Waals surface area contributed by atoms with E-state index in [4.69, 9.17) is 0 Å². The zero-order valence-electron chi connectivity index (χ0n) is 8.63. The molecule has 2 rings (SSSR count). The van der Waals surface area contributed by atoms with E-state index in [1.54, 1.807) is 0 Å². The fraction of sp³-hybridized carbons (Fsp3) is 0.231. The summed E-state index contributed by atoms with van der Waals surface area (Å²) in [6, 6.07) is 8.48. The largest absolute Gasteiger partial charge is 0.346 e. The molecule has 0 bridgehead atoms. The quantitative estimate of drug-likeness (QED) is 0.725. The fourth-order valence-electron chi connectivity index (χ4n) is 1.65. The van der Waals surface area contributed by atoms with E-state index in [-0.39, 0.29) is 0 Å². The third-order valence-electron chi connectivity index (χ3n) is 2.39. The summed E-state index contributed by atoms with van der Waals surface area (Å²) in [6.07, 6.45) is 3.03. The highest BCUT2D eigenvalue weighted by atomic mass is 79.9. The van der Waals surface area contributed by atoms with E-state index in [1.165, 1.54) is 10.9 Å². The molecule has 15 heavy (non-hydrogen) atoms. The summed E-state index contributed by atoms with van der Waals surface area (Å²) in [4.78, 5) is 0. The van der Waals surface area contributed by atoms with Crippen LogP contribution in [0, 0.1) is 11.8 Å². The number of aryl methyl sites for hydroxylation is 1. The summed E-state index contributed by atoms with van der Waals surface area (Å²) in [6.45, 7) is 2.84. The van der Waals surface area contributed by atoms with E-state index < -0.39 is 0 Å². The topological polar surface area (TPSA) is 4.93 Å². The van der Waals surface area contributed by atoms with Gasteiger partial charge in [0.2, 0.25) is 0 Å². The number of halogens is 1. The third kappa shape index (κ3) is 2.24. The maximum Gasteiger partial charge on any atom is 0.0491 e. The number of aromatic nitrogens is 1. The summed E-state index contributed by atoms with van der Waals surface area (Å²) in [7, 11) is 0. The van der Waals surface area contributed by atoms with E-state index in [9.17, 15) is 0 Å². The van der Waals surface area contributed by atoms with E-state index in [1.807, 2.05) is 6.92 Å². The Morgan fingerprint density at radius 1 is 1.33 bits per heavy atom. The van der Waals surface area contributed by atoms with Crippen LogP contribution in [-0.4, -0.2) is 4.57 Å². The van der Waals surface area contributed by atoms with Crippen molar-refractivity contribution in [1.82, 2.24) is 4.57 Å². The molecule has 0 aliphatic heterocycles. The van der Waals surface area contributed by atoms with Crippen LogP contribution < -0.4 is 0 Å². The zero-order valence-corrected chi connectivity index (χ0v) is 10.2. The second-order valence-electron chi connectivity index (χ2n) is 3.39. The zero-order chi connectivity index (χ0) is 10.7. The van der Waals surface area contributed by atoms with Gasteiger partial charge in [-0.3, -0.25) is 0 Å². The highest BCUT2D eigenvalue weighted by molar-refractivity contribution is 9.10. The second-order valence-corrected chi connectivity index (χ2v) is 4.30. The minimum Gasteiger partial charge on any atom is -0.346 e. The van der Waals surface area contributed by atoms with Gasteiger partial charge in [-0.15, -0.1) is 11.8 Å². The highest BCUT2D eigenvalue weighted by Crippen LogP contribution is 2.20. The van der Waals surface area contributed by atoms with Crippen LogP contribution in [0.3, 0.4) is 0 Å². The number of hydrogen-bond donors (Lipinski definition) is 0. The molecule has 0 aliphatic carbocycles. The first-order valence-electron chi connectivity index (χ1n) is 4.95. The Labute approximate surface area is 98.2 Å². The fourth-order valence-corrected chi connectivity index (χ4v) is 2.00. The first kappa shape index (κ1) is 10.3. The molecule has 0 fully saturated rings. The van der Waals surface area contributed by atoms with Crippen molar-refractivity contribution < 1.29 is 0 Å². The summed E-state index contributed by atoms with van der Waals surface area (Å²) < 4.78 is 3.36. The van der Waals surface area contributed by atoms with Crippen molar-refractivity contribution in [3.05, 3.63) is 34.9 Å². The Morgan fingerprint density at radius 3 is 3.00 bits per heavy atom. The van der Waals surface area contributed by atoms with Crippen molar-refractivity contribution >= 4 is 26.8 Å². The number of benzene rings is 1. The van der Waals surface area contributed by atoms with Crippen molar-refractivity contribution in [2.24, 2.45) is 0 Å². The van der Waals surface area contributed by atoms with Crippen molar-refractivity contribution in [2.75, 3.05) is 0 Å². The SMILES string of the molecule is CC#CCCn1ccc2ccc(Br)cc21. The van der Waals surface area contributed by atoms with Crippen LogP contribution in [0.1, 0.15) is 13.3 Å². The molecule has 0 amide bonds. The number of rotatable bonds is 2. The van der Waals surface area contributed by atoms with E-state index in [2.05, 4.69) is 62.8 Å². The molecule has 1 heterocycles. The third-order valence-corrected chi connectivity index (χ3v) is 2.88. The van der Waals surface area contributed by atoms with Gasteiger partial charge < -0.3 is 4.57 Å². The van der Waals surface area contributed by atoms with E-state index in [0.717, 1.165) is 17.4 Å². The van der Waals surface area contributed by atoms with Gasteiger partial charge in [0.25, 0.3) is 0 Å². The molecule has 0 N–H and O–H groups in total. The molecule has 0 unspecified atom stereocenters. The molecule has 0 saturated carbocycles. The lowest BCUT2D eigenvalue weighted by atomic mass is 10.2. The molecule has 1 aromatic heterocycles. The Morgan fingerprint density at radius 2 is 2.20 bits per heavy atom. The minimum atomic E-state index is 0.910. The van der Waals surface area contributed by atoms with Crippen molar-refractivity contribution in [3.8, 4) is 11.8 Å². The predicted molar refractivity (Wildman–Crippen MR) is 67.7 cm³/mol. The normalized spacial score (nSPS) is 10.0. The summed E-state index contributed by atoms with van der Waals surface area (Å²) in [5, 5.41) is 1.28. The van der Waals surface area contributed by atoms with Gasteiger partial charge in [-0.1, -0.05) is 22.0 Å². The molecule has 2 aromatic rings. The first-order valence-corrected chi connectivity index (χ1v) is 5.74. The minimum absolute atomic E-state index is 0.910. The van der Waals surface area contributed by atoms with Crippen LogP contribution in [0.15, 0.2) is 34.9 Å². The molecule has 0 spiro atoms. The number of fused-ring (bicyclic) bond motifs is 1. The average Bonchev–Trinajstić information content (AvgIpc) is 2.62. The first-order chi connectivity index (χ1) is 7.31. The maximum absolute atomic E-state index is 3.49. The van der Waals surface area contributed by atoms with Crippen LogP contribution in [0.2, 0.25) is 0 Å². The van der Waals surface area contributed by atoms with Gasteiger partial charge in [0.15, 0.2) is 0 Å². The number of hydrogen-bond acceptors (Lipinski definition) is 0. The van der Waals surface area contributed by atoms with Gasteiger partial charge in [-0.25, -0.2) is 0 Å². The van der Waals surface area contributed by atoms with Crippen molar-refractivity contribution in [3.63, 3.8) is 0 Å². The Kier molecular flexibility index (Phi) is 3.13. The van der Waals surface area contributed by atoms with Gasteiger partial charge in [0, 0.05) is 29.2 Å². The van der Waals surface area contributed by atoms with Crippen LogP contribution in [0.5, 0.6) is 0 Å². The molecule has 0 radical (unpaired) electrons. The Bertz CT molecular complexity index is 528. The lowest BCUT2D eigenvalue weighted by Gasteiger charge is -2.02. The molecule has 0 aliphatic rings. The number of nitrogens with zero attached hydrogens (tertiary/aromatic N) is 1. The Hall–Kier alpha value is -1.20. The Balaban J connectivity index is 2.33. The molecule has 76 valence electrons. The molecule has 0 atom stereocenters. The summed E-state index contributed by atoms with van der Waals surface area (Å²) in [5.74, 6) is 6.00. The molecular formula is C13H12BrN. The molecular weight excluding hydrogens is 250 g/mol. The van der Waals surface area contributed by atoms with E-state index >= 15 is 0 Å². The molecule has 2 heteroatoms. The summed E-state index contributed by atoms with van der Waals surface area (Å²) >= 11 is 3.49. The van der Waals surface area contributed by atoms with Gasteiger partial charge in [0.05, 0.1) is 0 Å². The lowest BCUT2D eigenvalue weighted by Crippen LogP contribution is -1.94. The standard InChI is InChI=1S/C13H12BrN/c1-2-3-4-8-15-9-7-11-5-6-12(14)10-13(11)15/h5-7,9-10H,4,8H2,1H3. The highest BCUT2D eigenvalue weighted by Gasteiger charge is 2.00. The monoisotopic (exact) mass is 261 g/mol. The average molecular weight is 262 g/mol. The molecule has 1 nitrogen and oxygen atoms in total. The van der Waals surface area contributed by atoms with Gasteiger partial charge in [-0.05, 0) is 30.5 Å². The van der Waals surface area contributed by atoms with Crippen LogP contribution in [-0.2, 0) is 6.54 Å². The van der Waals surface area contributed by atoms with Crippen molar-refractivity contribution in [1.29, 1.82) is 0 Å². The van der Waals surface area contributed by atoms with Crippen molar-refractivity contribution in [2.45, 2.75) is 19.9 Å². The van der Waals surface area contributed by atoms with Gasteiger partial charge >= 0.3 is 0 Å². The second kappa shape index (κ2) is 4.55. The molecule has 1 aromatic carbocycles. The smallest absolute Gasteiger partial charge is 0.0491 e. The maximum atomic E-state index is 3.49. The lowest BCUT2D eigenvalue weighted by molar-refractivity contribution is 0.749. The van der Waals surface area contributed by atoms with Gasteiger partial charge in [-0.2, -0.15) is 0 Å². The van der Waals surface area contributed by atoms with E-state index in [0.29, 0.717) is 0 Å². The van der Waals surface area contributed by atoms with Crippen LogP contribution >= 0.6 is 15.9 Å². The van der Waals surface area contributed by atoms with Gasteiger partial charge in [0.1, 0.15) is 0 Å². The van der Waals surface area contributed by atoms with Crippen LogP contribution in [0.25, 0.3) is 10.9 Å².